The Bertz CT molecular complexity index is 588. The van der Waals surface area contributed by atoms with E-state index in [1.54, 1.807) is 20.0 Å². The molecule has 1 aliphatic carbocycles. The van der Waals surface area contributed by atoms with Crippen molar-refractivity contribution in [2.45, 2.75) is 51.6 Å². The molecule has 140 valence electrons. The van der Waals surface area contributed by atoms with Gasteiger partial charge in [0.05, 0.1) is 0 Å². The van der Waals surface area contributed by atoms with Crippen molar-refractivity contribution >= 4 is 35.8 Å². The molecule has 0 unspecified atom stereocenters. The van der Waals surface area contributed by atoms with Gasteiger partial charge in [0, 0.05) is 32.6 Å². The van der Waals surface area contributed by atoms with E-state index in [4.69, 9.17) is 0 Å². The van der Waals surface area contributed by atoms with Gasteiger partial charge in [-0.25, -0.2) is 4.39 Å². The van der Waals surface area contributed by atoms with Crippen LogP contribution in [-0.4, -0.2) is 31.5 Å². The lowest BCUT2D eigenvalue weighted by atomic mass is 10.1. The summed E-state index contributed by atoms with van der Waals surface area (Å²) in [6.45, 7) is 2.82. The molecule has 0 aliphatic heterocycles. The van der Waals surface area contributed by atoms with Gasteiger partial charge in [-0.3, -0.25) is 9.79 Å². The van der Waals surface area contributed by atoms with Crippen molar-refractivity contribution in [3.05, 3.63) is 35.1 Å². The van der Waals surface area contributed by atoms with Gasteiger partial charge < -0.3 is 16.0 Å². The Morgan fingerprint density at radius 2 is 2.00 bits per heavy atom. The molecule has 0 saturated heterocycles. The van der Waals surface area contributed by atoms with Crippen LogP contribution in [0.15, 0.2) is 23.2 Å². The van der Waals surface area contributed by atoms with E-state index in [0.717, 1.165) is 18.4 Å². The molecule has 0 heterocycles. The minimum Gasteiger partial charge on any atom is -0.356 e. The van der Waals surface area contributed by atoms with Gasteiger partial charge in [0.2, 0.25) is 5.91 Å². The molecule has 0 atom stereocenters. The summed E-state index contributed by atoms with van der Waals surface area (Å²) in [5.74, 6) is 0.513. The van der Waals surface area contributed by atoms with Gasteiger partial charge in [-0.05, 0) is 37.0 Å². The van der Waals surface area contributed by atoms with E-state index in [2.05, 4.69) is 20.9 Å². The molecule has 1 saturated carbocycles. The molecule has 1 amide bonds. The lowest BCUT2D eigenvalue weighted by Crippen LogP contribution is -2.40. The number of nitrogens with one attached hydrogen (secondary N) is 3. The van der Waals surface area contributed by atoms with Crippen molar-refractivity contribution in [3.63, 3.8) is 0 Å². The third-order valence-corrected chi connectivity index (χ3v) is 4.27. The highest BCUT2D eigenvalue weighted by atomic mass is 127. The third kappa shape index (κ3) is 7.58. The lowest BCUT2D eigenvalue weighted by Gasteiger charge is -2.14. The maximum atomic E-state index is 13.3. The fraction of sp³-hybridized carbons (Fsp3) is 0.556. The molecule has 0 radical (unpaired) electrons. The van der Waals surface area contributed by atoms with Crippen molar-refractivity contribution in [3.8, 4) is 0 Å². The first-order chi connectivity index (χ1) is 11.6. The fourth-order valence-corrected chi connectivity index (χ4v) is 2.89. The summed E-state index contributed by atoms with van der Waals surface area (Å²) in [5, 5.41) is 9.35. The number of rotatable bonds is 6. The van der Waals surface area contributed by atoms with Crippen LogP contribution in [0.5, 0.6) is 0 Å². The number of aliphatic imine (C=N–C) groups is 1. The van der Waals surface area contributed by atoms with Crippen molar-refractivity contribution in [2.24, 2.45) is 4.99 Å². The second kappa shape index (κ2) is 11.3. The zero-order valence-corrected chi connectivity index (χ0v) is 17.2. The first kappa shape index (κ1) is 21.7. The topological polar surface area (TPSA) is 65.5 Å². The van der Waals surface area contributed by atoms with Crippen molar-refractivity contribution < 1.29 is 9.18 Å². The van der Waals surface area contributed by atoms with E-state index in [1.807, 2.05) is 6.07 Å². The van der Waals surface area contributed by atoms with Crippen LogP contribution in [0.2, 0.25) is 0 Å². The third-order valence-electron chi connectivity index (χ3n) is 4.27. The summed E-state index contributed by atoms with van der Waals surface area (Å²) in [7, 11) is 1.68. The van der Waals surface area contributed by atoms with Crippen molar-refractivity contribution in [2.75, 3.05) is 13.6 Å². The molecule has 0 aromatic heterocycles. The van der Waals surface area contributed by atoms with Gasteiger partial charge in [0.15, 0.2) is 5.96 Å². The van der Waals surface area contributed by atoms with E-state index >= 15 is 0 Å². The van der Waals surface area contributed by atoms with Gasteiger partial charge >= 0.3 is 0 Å². The SMILES string of the molecule is CN=C(NCCC(=O)NC1CCCC1)NCc1ccc(F)c(C)c1.I. The number of benzene rings is 1. The molecule has 25 heavy (non-hydrogen) atoms. The van der Waals surface area contributed by atoms with E-state index < -0.39 is 0 Å². The Kier molecular flexibility index (Phi) is 9.77. The van der Waals surface area contributed by atoms with Crippen LogP contribution in [0, 0.1) is 12.7 Å². The summed E-state index contributed by atoms with van der Waals surface area (Å²) in [4.78, 5) is 16.0. The number of hydrogen-bond acceptors (Lipinski definition) is 2. The second-order valence-electron chi connectivity index (χ2n) is 6.23. The van der Waals surface area contributed by atoms with E-state index in [1.165, 1.54) is 18.9 Å². The second-order valence-corrected chi connectivity index (χ2v) is 6.23. The minimum atomic E-state index is -0.200. The summed E-state index contributed by atoms with van der Waals surface area (Å²) in [6.07, 6.45) is 5.04. The highest BCUT2D eigenvalue weighted by Crippen LogP contribution is 2.17. The molecule has 1 aromatic rings. The number of halogens is 2. The Morgan fingerprint density at radius 3 is 2.64 bits per heavy atom. The van der Waals surface area contributed by atoms with Crippen molar-refractivity contribution in [1.82, 2.24) is 16.0 Å². The number of aryl methyl sites for hydroxylation is 1. The molecule has 1 aromatic carbocycles. The lowest BCUT2D eigenvalue weighted by molar-refractivity contribution is -0.121. The first-order valence-electron chi connectivity index (χ1n) is 8.57. The van der Waals surface area contributed by atoms with Crippen LogP contribution in [0.1, 0.15) is 43.2 Å². The molecule has 1 aliphatic rings. The van der Waals surface area contributed by atoms with Gasteiger partial charge in [-0.15, -0.1) is 24.0 Å². The highest BCUT2D eigenvalue weighted by molar-refractivity contribution is 14.0. The largest absolute Gasteiger partial charge is 0.356 e. The molecule has 1 fully saturated rings. The molecular weight excluding hydrogens is 434 g/mol. The number of hydrogen-bond donors (Lipinski definition) is 3. The quantitative estimate of drug-likeness (QED) is 0.346. The summed E-state index contributed by atoms with van der Waals surface area (Å²) < 4.78 is 13.3. The maximum absolute atomic E-state index is 13.3. The normalized spacial score (nSPS) is 14.8. The molecule has 7 heteroatoms. The van der Waals surface area contributed by atoms with Gasteiger partial charge in [0.1, 0.15) is 5.82 Å². The molecule has 2 rings (SSSR count). The zero-order valence-electron chi connectivity index (χ0n) is 14.9. The van der Waals surface area contributed by atoms with Crippen LogP contribution < -0.4 is 16.0 Å². The fourth-order valence-electron chi connectivity index (χ4n) is 2.89. The summed E-state index contributed by atoms with van der Waals surface area (Å²) >= 11 is 0. The molecular formula is C18H28FIN4O. The van der Waals surface area contributed by atoms with Crippen molar-refractivity contribution in [1.29, 1.82) is 0 Å². The predicted molar refractivity (Wildman–Crippen MR) is 110 cm³/mol. The molecule has 3 N–H and O–H groups in total. The standard InChI is InChI=1S/C18H27FN4O.HI/c1-13-11-14(7-8-16(13)19)12-22-18(20-2)21-10-9-17(24)23-15-5-3-4-6-15;/h7-8,11,15H,3-6,9-10,12H2,1-2H3,(H,23,24)(H2,20,21,22);1H. The Morgan fingerprint density at radius 1 is 1.28 bits per heavy atom. The van der Waals surface area contributed by atoms with Gasteiger partial charge in [-0.2, -0.15) is 0 Å². The Hall–Kier alpha value is -1.38. The van der Waals surface area contributed by atoms with E-state index in [-0.39, 0.29) is 35.7 Å². The number of amides is 1. The van der Waals surface area contributed by atoms with Crippen LogP contribution in [0.3, 0.4) is 0 Å². The molecule has 0 bridgehead atoms. The molecule has 0 spiro atoms. The Labute approximate surface area is 166 Å². The number of guanidine groups is 1. The van der Waals surface area contributed by atoms with E-state index in [0.29, 0.717) is 37.1 Å². The highest BCUT2D eigenvalue weighted by Gasteiger charge is 2.16. The van der Waals surface area contributed by atoms with E-state index in [9.17, 15) is 9.18 Å². The van der Waals surface area contributed by atoms with Crippen LogP contribution in [0.4, 0.5) is 4.39 Å². The number of carbonyl (C=O) groups is 1. The monoisotopic (exact) mass is 462 g/mol. The van der Waals surface area contributed by atoms with Crippen LogP contribution in [0.25, 0.3) is 0 Å². The molecule has 5 nitrogen and oxygen atoms in total. The Balaban J connectivity index is 0.00000312. The average Bonchev–Trinajstić information content (AvgIpc) is 3.06. The number of nitrogens with zero attached hydrogens (tertiary/aromatic N) is 1. The van der Waals surface area contributed by atoms with Gasteiger partial charge in [-0.1, -0.05) is 25.0 Å². The summed E-state index contributed by atoms with van der Waals surface area (Å²) in [6, 6.07) is 5.38. The predicted octanol–water partition coefficient (Wildman–Crippen LogP) is 2.87. The maximum Gasteiger partial charge on any atom is 0.221 e. The zero-order chi connectivity index (χ0) is 17.4. The first-order valence-corrected chi connectivity index (χ1v) is 8.57. The van der Waals surface area contributed by atoms with Crippen LogP contribution in [-0.2, 0) is 11.3 Å². The van der Waals surface area contributed by atoms with Crippen LogP contribution >= 0.6 is 24.0 Å². The number of carbonyl (C=O) groups excluding carboxylic acids is 1. The summed E-state index contributed by atoms with van der Waals surface area (Å²) in [5.41, 5.74) is 1.61. The van der Waals surface area contributed by atoms with Gasteiger partial charge in [0.25, 0.3) is 0 Å². The smallest absolute Gasteiger partial charge is 0.221 e. The average molecular weight is 462 g/mol. The minimum absolute atomic E-state index is 0.